The maximum Gasteiger partial charge on any atom is 0.416 e. The van der Waals surface area contributed by atoms with Crippen LogP contribution in [0.3, 0.4) is 0 Å². The highest BCUT2D eigenvalue weighted by Crippen LogP contribution is 2.32. The molecule has 0 unspecified atom stereocenters. The Bertz CT molecular complexity index is 967. The SMILES string of the molecule is COC(=O)c1ccc(Nc2ccc(C(F)(F)F)cc2)c(-c2nnn(C)n2)c1. The number of hydrogen-bond donors (Lipinski definition) is 1. The zero-order valence-corrected chi connectivity index (χ0v) is 14.3. The van der Waals surface area contributed by atoms with Crippen molar-refractivity contribution in [2.24, 2.45) is 7.05 Å². The van der Waals surface area contributed by atoms with Gasteiger partial charge in [0.05, 0.1) is 25.3 Å². The van der Waals surface area contributed by atoms with Crippen molar-refractivity contribution < 1.29 is 22.7 Å². The summed E-state index contributed by atoms with van der Waals surface area (Å²) in [5.41, 5.74) is 0.906. The zero-order valence-electron chi connectivity index (χ0n) is 14.3. The molecule has 3 rings (SSSR count). The highest BCUT2D eigenvalue weighted by atomic mass is 19.4. The summed E-state index contributed by atoms with van der Waals surface area (Å²) in [4.78, 5) is 13.0. The third-order valence-corrected chi connectivity index (χ3v) is 3.68. The normalized spacial score (nSPS) is 11.3. The second-order valence-electron chi connectivity index (χ2n) is 5.55. The van der Waals surface area contributed by atoms with Crippen molar-refractivity contribution in [2.75, 3.05) is 12.4 Å². The van der Waals surface area contributed by atoms with Crippen molar-refractivity contribution in [3.8, 4) is 11.4 Å². The maximum atomic E-state index is 12.7. The average molecular weight is 377 g/mol. The van der Waals surface area contributed by atoms with E-state index in [1.165, 1.54) is 36.2 Å². The highest BCUT2D eigenvalue weighted by Gasteiger charge is 2.30. The number of anilines is 2. The van der Waals surface area contributed by atoms with Crippen LogP contribution < -0.4 is 5.32 Å². The Morgan fingerprint density at radius 3 is 2.41 bits per heavy atom. The minimum absolute atomic E-state index is 0.248. The second kappa shape index (κ2) is 7.06. The Labute approximate surface area is 151 Å². The molecule has 0 aliphatic rings. The number of halogens is 3. The van der Waals surface area contributed by atoms with E-state index in [0.717, 1.165) is 12.1 Å². The van der Waals surface area contributed by atoms with Crippen LogP contribution in [0.25, 0.3) is 11.4 Å². The summed E-state index contributed by atoms with van der Waals surface area (Å²) in [6, 6.07) is 9.22. The molecule has 1 N–H and O–H groups in total. The molecule has 27 heavy (non-hydrogen) atoms. The number of aryl methyl sites for hydroxylation is 1. The fourth-order valence-corrected chi connectivity index (χ4v) is 2.37. The average Bonchev–Trinajstić information content (AvgIpc) is 3.07. The summed E-state index contributed by atoms with van der Waals surface area (Å²) in [7, 11) is 2.85. The lowest BCUT2D eigenvalue weighted by Crippen LogP contribution is -2.05. The van der Waals surface area contributed by atoms with Crippen molar-refractivity contribution in [3.63, 3.8) is 0 Å². The molecule has 3 aromatic rings. The highest BCUT2D eigenvalue weighted by molar-refractivity contribution is 5.93. The summed E-state index contributed by atoms with van der Waals surface area (Å²) in [5, 5.41) is 14.8. The number of tetrazole rings is 1. The largest absolute Gasteiger partial charge is 0.465 e. The molecule has 10 heteroatoms. The van der Waals surface area contributed by atoms with E-state index in [1.54, 1.807) is 13.1 Å². The van der Waals surface area contributed by atoms with E-state index in [1.807, 2.05) is 0 Å². The number of nitrogens with zero attached hydrogens (tertiary/aromatic N) is 4. The standard InChI is InChI=1S/C17H14F3N5O2/c1-25-23-15(22-24-25)13-9-10(16(26)27-2)3-8-14(13)21-12-6-4-11(5-7-12)17(18,19)20/h3-9,21H,1-2H3. The van der Waals surface area contributed by atoms with Gasteiger partial charge in [0.25, 0.3) is 0 Å². The van der Waals surface area contributed by atoms with Crippen LogP contribution in [0, 0.1) is 0 Å². The van der Waals surface area contributed by atoms with Gasteiger partial charge in [-0.2, -0.15) is 18.0 Å². The molecular formula is C17H14F3N5O2. The lowest BCUT2D eigenvalue weighted by atomic mass is 10.1. The van der Waals surface area contributed by atoms with Gasteiger partial charge >= 0.3 is 12.1 Å². The number of aromatic nitrogens is 4. The predicted molar refractivity (Wildman–Crippen MR) is 90.3 cm³/mol. The van der Waals surface area contributed by atoms with Crippen LogP contribution in [-0.2, 0) is 18.0 Å². The van der Waals surface area contributed by atoms with Crippen LogP contribution >= 0.6 is 0 Å². The van der Waals surface area contributed by atoms with Gasteiger partial charge in [0.1, 0.15) is 0 Å². The fraction of sp³-hybridized carbons (Fsp3) is 0.176. The van der Waals surface area contributed by atoms with E-state index < -0.39 is 17.7 Å². The van der Waals surface area contributed by atoms with Crippen LogP contribution in [0.2, 0.25) is 0 Å². The molecule has 0 atom stereocenters. The molecule has 1 heterocycles. The Hall–Kier alpha value is -3.43. The molecule has 1 aromatic heterocycles. The lowest BCUT2D eigenvalue weighted by molar-refractivity contribution is -0.137. The fourth-order valence-electron chi connectivity index (χ4n) is 2.37. The van der Waals surface area contributed by atoms with E-state index >= 15 is 0 Å². The summed E-state index contributed by atoms with van der Waals surface area (Å²) in [6.45, 7) is 0. The van der Waals surface area contributed by atoms with Gasteiger partial charge in [-0.05, 0) is 47.7 Å². The van der Waals surface area contributed by atoms with Gasteiger partial charge in [0.15, 0.2) is 0 Å². The zero-order chi connectivity index (χ0) is 19.6. The smallest absolute Gasteiger partial charge is 0.416 e. The van der Waals surface area contributed by atoms with Crippen LogP contribution in [0.15, 0.2) is 42.5 Å². The molecule has 0 radical (unpaired) electrons. The van der Waals surface area contributed by atoms with E-state index in [-0.39, 0.29) is 11.4 Å². The number of methoxy groups -OCH3 is 1. The van der Waals surface area contributed by atoms with Crippen molar-refractivity contribution in [3.05, 3.63) is 53.6 Å². The van der Waals surface area contributed by atoms with Gasteiger partial charge in [-0.25, -0.2) is 4.79 Å². The molecule has 0 saturated heterocycles. The number of carbonyl (C=O) groups is 1. The molecule has 0 fully saturated rings. The molecule has 7 nitrogen and oxygen atoms in total. The number of carbonyl (C=O) groups excluding carboxylic acids is 1. The molecule has 0 aliphatic heterocycles. The Balaban J connectivity index is 1.98. The third kappa shape index (κ3) is 4.05. The van der Waals surface area contributed by atoms with Gasteiger partial charge in [-0.15, -0.1) is 10.2 Å². The van der Waals surface area contributed by atoms with Crippen LogP contribution in [0.1, 0.15) is 15.9 Å². The Morgan fingerprint density at radius 1 is 1.15 bits per heavy atom. The molecule has 0 amide bonds. The first kappa shape index (κ1) is 18.4. The molecule has 0 aliphatic carbocycles. The van der Waals surface area contributed by atoms with Crippen molar-refractivity contribution in [1.29, 1.82) is 0 Å². The van der Waals surface area contributed by atoms with E-state index in [0.29, 0.717) is 16.9 Å². The van der Waals surface area contributed by atoms with Crippen LogP contribution in [0.5, 0.6) is 0 Å². The topological polar surface area (TPSA) is 81.9 Å². The summed E-state index contributed by atoms with van der Waals surface area (Å²) in [5.74, 6) is -0.293. The van der Waals surface area contributed by atoms with Gasteiger partial charge in [-0.1, -0.05) is 0 Å². The molecule has 140 valence electrons. The Morgan fingerprint density at radius 2 is 1.85 bits per heavy atom. The number of benzene rings is 2. The number of esters is 1. The number of alkyl halides is 3. The molecule has 2 aromatic carbocycles. The van der Waals surface area contributed by atoms with E-state index in [2.05, 4.69) is 20.7 Å². The van der Waals surface area contributed by atoms with Crippen molar-refractivity contribution in [1.82, 2.24) is 20.2 Å². The first-order valence-corrected chi connectivity index (χ1v) is 7.69. The van der Waals surface area contributed by atoms with E-state index in [9.17, 15) is 18.0 Å². The maximum absolute atomic E-state index is 12.7. The van der Waals surface area contributed by atoms with Gasteiger partial charge in [0.2, 0.25) is 5.82 Å². The van der Waals surface area contributed by atoms with Crippen LogP contribution in [-0.4, -0.2) is 33.3 Å². The molecular weight excluding hydrogens is 363 g/mol. The molecule has 0 spiro atoms. The minimum atomic E-state index is -4.41. The summed E-state index contributed by atoms with van der Waals surface area (Å²) in [6.07, 6.45) is -4.41. The molecule has 0 bridgehead atoms. The van der Waals surface area contributed by atoms with E-state index in [4.69, 9.17) is 4.74 Å². The number of rotatable bonds is 4. The Kier molecular flexibility index (Phi) is 4.80. The van der Waals surface area contributed by atoms with Crippen molar-refractivity contribution >= 4 is 17.3 Å². The van der Waals surface area contributed by atoms with Gasteiger partial charge in [-0.3, -0.25) is 0 Å². The quantitative estimate of drug-likeness (QED) is 0.702. The van der Waals surface area contributed by atoms with Gasteiger partial charge in [0, 0.05) is 16.9 Å². The van der Waals surface area contributed by atoms with Crippen LogP contribution in [0.4, 0.5) is 24.5 Å². The van der Waals surface area contributed by atoms with Gasteiger partial charge < -0.3 is 10.1 Å². The lowest BCUT2D eigenvalue weighted by Gasteiger charge is -2.13. The molecule has 0 saturated carbocycles. The summed E-state index contributed by atoms with van der Waals surface area (Å²) >= 11 is 0. The number of ether oxygens (including phenoxy) is 1. The number of nitrogens with one attached hydrogen (secondary N) is 1. The first-order chi connectivity index (χ1) is 12.8. The predicted octanol–water partition coefficient (Wildman–Crippen LogP) is 3.43. The number of hydrogen-bond acceptors (Lipinski definition) is 6. The third-order valence-electron chi connectivity index (χ3n) is 3.68. The summed E-state index contributed by atoms with van der Waals surface area (Å²) < 4.78 is 42.8. The first-order valence-electron chi connectivity index (χ1n) is 7.69. The monoisotopic (exact) mass is 377 g/mol. The minimum Gasteiger partial charge on any atom is -0.465 e. The second-order valence-corrected chi connectivity index (χ2v) is 5.55. The van der Waals surface area contributed by atoms with Crippen molar-refractivity contribution in [2.45, 2.75) is 6.18 Å².